The number of esters is 1. The van der Waals surface area contributed by atoms with Crippen LogP contribution < -0.4 is 5.32 Å². The molecular formula is C13H20N2O3S. The van der Waals surface area contributed by atoms with E-state index < -0.39 is 0 Å². The topological polar surface area (TPSA) is 58.6 Å². The molecular weight excluding hydrogens is 264 g/mol. The maximum absolute atomic E-state index is 11.3. The quantitative estimate of drug-likeness (QED) is 0.600. The summed E-state index contributed by atoms with van der Waals surface area (Å²) < 4.78 is 4.62. The number of methoxy groups -OCH3 is 1. The Labute approximate surface area is 117 Å². The molecule has 5 nitrogen and oxygen atoms in total. The minimum atomic E-state index is -0.224. The van der Waals surface area contributed by atoms with E-state index in [-0.39, 0.29) is 11.9 Å². The molecule has 1 rings (SSSR count). The lowest BCUT2D eigenvalue weighted by Crippen LogP contribution is -2.26. The van der Waals surface area contributed by atoms with Crippen LogP contribution in [0.5, 0.6) is 0 Å². The average molecular weight is 284 g/mol. The van der Waals surface area contributed by atoms with Crippen LogP contribution >= 0.6 is 11.3 Å². The first kappa shape index (κ1) is 15.7. The number of carbonyl (C=O) groups is 2. The van der Waals surface area contributed by atoms with Crippen LogP contribution in [0.2, 0.25) is 0 Å². The summed E-state index contributed by atoms with van der Waals surface area (Å²) >= 11 is 1.58. The molecule has 1 aromatic heterocycles. The zero-order valence-electron chi connectivity index (χ0n) is 11.6. The SMILES string of the molecule is COC(=O)Cc1ccc(CNCCC(=O)N(C)C)s1. The second kappa shape index (κ2) is 7.91. The molecule has 6 heteroatoms. The fourth-order valence-electron chi connectivity index (χ4n) is 1.46. The monoisotopic (exact) mass is 284 g/mol. The van der Waals surface area contributed by atoms with E-state index in [9.17, 15) is 9.59 Å². The minimum absolute atomic E-state index is 0.116. The third kappa shape index (κ3) is 5.85. The van der Waals surface area contributed by atoms with Gasteiger partial charge in [-0.25, -0.2) is 0 Å². The summed E-state index contributed by atoms with van der Waals surface area (Å²) in [6.07, 6.45) is 0.813. The van der Waals surface area contributed by atoms with Gasteiger partial charge in [-0.2, -0.15) is 0 Å². The summed E-state index contributed by atoms with van der Waals surface area (Å²) in [6.45, 7) is 1.37. The van der Waals surface area contributed by atoms with Crippen molar-refractivity contribution in [3.05, 3.63) is 21.9 Å². The first-order valence-corrected chi connectivity index (χ1v) is 6.90. The first-order valence-electron chi connectivity index (χ1n) is 6.08. The second-order valence-corrected chi connectivity index (χ2v) is 5.59. The maximum Gasteiger partial charge on any atom is 0.310 e. The van der Waals surface area contributed by atoms with Crippen molar-refractivity contribution < 1.29 is 14.3 Å². The molecule has 0 aliphatic rings. The van der Waals surface area contributed by atoms with E-state index in [2.05, 4.69) is 10.1 Å². The Bertz CT molecular complexity index is 429. The zero-order valence-corrected chi connectivity index (χ0v) is 12.4. The lowest BCUT2D eigenvalue weighted by Gasteiger charge is -2.09. The Balaban J connectivity index is 2.27. The van der Waals surface area contributed by atoms with Gasteiger partial charge in [0.15, 0.2) is 0 Å². The zero-order chi connectivity index (χ0) is 14.3. The largest absolute Gasteiger partial charge is 0.469 e. The molecule has 1 N–H and O–H groups in total. The van der Waals surface area contributed by atoms with Crippen LogP contribution in [0.25, 0.3) is 0 Å². The maximum atomic E-state index is 11.3. The van der Waals surface area contributed by atoms with Gasteiger partial charge in [0.1, 0.15) is 0 Å². The standard InChI is InChI=1S/C13H20N2O3S/c1-15(2)12(16)6-7-14-9-11-5-4-10(19-11)8-13(17)18-3/h4-5,14H,6-9H2,1-3H3. The molecule has 0 aliphatic carbocycles. The van der Waals surface area contributed by atoms with Gasteiger partial charge in [0.05, 0.1) is 13.5 Å². The second-order valence-electron chi connectivity index (χ2n) is 4.34. The van der Waals surface area contributed by atoms with Gasteiger partial charge in [0.25, 0.3) is 0 Å². The van der Waals surface area contributed by atoms with Crippen molar-refractivity contribution in [3.63, 3.8) is 0 Å². The molecule has 19 heavy (non-hydrogen) atoms. The predicted octanol–water partition coefficient (Wildman–Crippen LogP) is 1.03. The first-order chi connectivity index (χ1) is 9.02. The summed E-state index contributed by atoms with van der Waals surface area (Å²) in [6, 6.07) is 3.92. The van der Waals surface area contributed by atoms with Crippen molar-refractivity contribution in [3.8, 4) is 0 Å². The van der Waals surface area contributed by atoms with E-state index in [4.69, 9.17) is 0 Å². The number of hydrogen-bond donors (Lipinski definition) is 1. The molecule has 0 saturated heterocycles. The highest BCUT2D eigenvalue weighted by Gasteiger charge is 2.06. The Morgan fingerprint density at radius 1 is 1.32 bits per heavy atom. The lowest BCUT2D eigenvalue weighted by molar-refractivity contribution is -0.139. The van der Waals surface area contributed by atoms with Crippen LogP contribution in [-0.4, -0.2) is 44.5 Å². The molecule has 106 valence electrons. The molecule has 1 aromatic rings. The highest BCUT2D eigenvalue weighted by molar-refractivity contribution is 7.12. The summed E-state index contributed by atoms with van der Waals surface area (Å²) in [5.74, 6) is -0.108. The molecule has 0 unspecified atom stereocenters. The van der Waals surface area contributed by atoms with E-state index in [1.54, 1.807) is 30.3 Å². The molecule has 0 radical (unpaired) electrons. The number of amides is 1. The van der Waals surface area contributed by atoms with Crippen LogP contribution in [0.1, 0.15) is 16.2 Å². The number of rotatable bonds is 7. The van der Waals surface area contributed by atoms with E-state index in [1.807, 2.05) is 12.1 Å². The molecule has 0 aliphatic heterocycles. The van der Waals surface area contributed by atoms with Crippen molar-refractivity contribution in [2.75, 3.05) is 27.7 Å². The van der Waals surface area contributed by atoms with Crippen molar-refractivity contribution in [1.29, 1.82) is 0 Å². The highest BCUT2D eigenvalue weighted by Crippen LogP contribution is 2.17. The Morgan fingerprint density at radius 3 is 2.63 bits per heavy atom. The third-order valence-electron chi connectivity index (χ3n) is 2.58. The highest BCUT2D eigenvalue weighted by atomic mass is 32.1. The third-order valence-corrected chi connectivity index (χ3v) is 3.66. The van der Waals surface area contributed by atoms with E-state index in [0.717, 1.165) is 9.75 Å². The Kier molecular flexibility index (Phi) is 6.52. The summed E-state index contributed by atoms with van der Waals surface area (Å²) in [5.41, 5.74) is 0. The van der Waals surface area contributed by atoms with E-state index >= 15 is 0 Å². The van der Waals surface area contributed by atoms with Crippen molar-refractivity contribution >= 4 is 23.2 Å². The van der Waals surface area contributed by atoms with Gasteiger partial charge in [-0.15, -0.1) is 11.3 Å². The van der Waals surface area contributed by atoms with Crippen molar-refractivity contribution in [1.82, 2.24) is 10.2 Å². The molecule has 0 saturated carbocycles. The smallest absolute Gasteiger partial charge is 0.310 e. The predicted molar refractivity (Wildman–Crippen MR) is 75.1 cm³/mol. The van der Waals surface area contributed by atoms with Gasteiger partial charge in [-0.3, -0.25) is 9.59 Å². The summed E-state index contributed by atoms with van der Waals surface area (Å²) in [4.78, 5) is 26.2. The fourth-order valence-corrected chi connectivity index (χ4v) is 2.43. The molecule has 0 fully saturated rings. The number of carbonyl (C=O) groups excluding carboxylic acids is 2. The number of nitrogens with zero attached hydrogens (tertiary/aromatic N) is 1. The van der Waals surface area contributed by atoms with Crippen LogP contribution in [0.4, 0.5) is 0 Å². The minimum Gasteiger partial charge on any atom is -0.469 e. The number of hydrogen-bond acceptors (Lipinski definition) is 5. The van der Waals surface area contributed by atoms with Gasteiger partial charge in [-0.1, -0.05) is 0 Å². The number of ether oxygens (including phenoxy) is 1. The van der Waals surface area contributed by atoms with Gasteiger partial charge in [0, 0.05) is 43.4 Å². The van der Waals surface area contributed by atoms with E-state index in [0.29, 0.717) is 25.9 Å². The van der Waals surface area contributed by atoms with Crippen LogP contribution in [0.3, 0.4) is 0 Å². The molecule has 0 atom stereocenters. The van der Waals surface area contributed by atoms with Gasteiger partial charge < -0.3 is 15.0 Å². The van der Waals surface area contributed by atoms with Gasteiger partial charge in [-0.05, 0) is 12.1 Å². The number of thiophene rings is 1. The molecule has 0 bridgehead atoms. The Hall–Kier alpha value is -1.40. The average Bonchev–Trinajstić information content (AvgIpc) is 2.81. The lowest BCUT2D eigenvalue weighted by atomic mass is 10.3. The van der Waals surface area contributed by atoms with Gasteiger partial charge >= 0.3 is 5.97 Å². The molecule has 1 amide bonds. The van der Waals surface area contributed by atoms with E-state index in [1.165, 1.54) is 7.11 Å². The van der Waals surface area contributed by atoms with Crippen molar-refractivity contribution in [2.45, 2.75) is 19.4 Å². The van der Waals surface area contributed by atoms with Gasteiger partial charge in [0.2, 0.25) is 5.91 Å². The number of nitrogens with one attached hydrogen (secondary N) is 1. The Morgan fingerprint density at radius 2 is 2.00 bits per heavy atom. The van der Waals surface area contributed by atoms with Crippen LogP contribution in [0, 0.1) is 0 Å². The molecule has 1 heterocycles. The summed E-state index contributed by atoms with van der Waals surface area (Å²) in [5, 5.41) is 3.21. The normalized spacial score (nSPS) is 10.3. The van der Waals surface area contributed by atoms with Crippen LogP contribution in [0.15, 0.2) is 12.1 Å². The molecule has 0 spiro atoms. The fraction of sp³-hybridized carbons (Fsp3) is 0.538. The van der Waals surface area contributed by atoms with Crippen LogP contribution in [-0.2, 0) is 27.3 Å². The molecule has 0 aromatic carbocycles. The van der Waals surface area contributed by atoms with Crippen molar-refractivity contribution in [2.24, 2.45) is 0 Å². The summed E-state index contributed by atoms with van der Waals surface area (Å²) in [7, 11) is 4.89.